The predicted molar refractivity (Wildman–Crippen MR) is 134 cm³/mol. The minimum absolute atomic E-state index is 0.126. The second kappa shape index (κ2) is 9.44. The Bertz CT molecular complexity index is 1260. The van der Waals surface area contributed by atoms with Gasteiger partial charge in [0.25, 0.3) is 5.90 Å². The van der Waals surface area contributed by atoms with Crippen LogP contribution in [0.25, 0.3) is 16.6 Å². The van der Waals surface area contributed by atoms with Gasteiger partial charge < -0.3 is 14.7 Å². The van der Waals surface area contributed by atoms with Crippen LogP contribution in [-0.2, 0) is 16.1 Å². The van der Waals surface area contributed by atoms with E-state index in [1.807, 2.05) is 54.6 Å². The fraction of sp³-hybridized carbons (Fsp3) is 0.333. The van der Waals surface area contributed by atoms with Gasteiger partial charge in [0, 0.05) is 30.5 Å². The number of hydroxylamine groups is 3. The molecule has 34 heavy (non-hydrogen) atoms. The molecule has 0 saturated heterocycles. The highest BCUT2D eigenvalue weighted by atomic mass is 16.6. The van der Waals surface area contributed by atoms with Crippen LogP contribution in [0, 0.1) is 11.1 Å². The number of rotatable bonds is 6. The summed E-state index contributed by atoms with van der Waals surface area (Å²) < 4.78 is 12.7. The van der Waals surface area contributed by atoms with Crippen LogP contribution in [0.1, 0.15) is 43.1 Å². The average molecular weight is 462 g/mol. The predicted octanol–water partition coefficient (Wildman–Crippen LogP) is 5.56. The van der Waals surface area contributed by atoms with E-state index in [1.54, 1.807) is 17.8 Å². The number of methoxy groups -OCH3 is 1. The monoisotopic (exact) mass is 461 g/mol. The molecule has 0 aliphatic carbocycles. The minimum atomic E-state index is -0.781. The van der Waals surface area contributed by atoms with E-state index in [-0.39, 0.29) is 17.7 Å². The van der Waals surface area contributed by atoms with Gasteiger partial charge in [-0.2, -0.15) is 0 Å². The first-order valence-corrected chi connectivity index (χ1v) is 11.5. The molecule has 0 spiro atoms. The van der Waals surface area contributed by atoms with Gasteiger partial charge in [-0.25, -0.2) is 4.99 Å². The molecule has 4 rings (SSSR count). The molecule has 0 amide bonds. The summed E-state index contributed by atoms with van der Waals surface area (Å²) in [7, 11) is 3.07. The number of nitrogens with zero attached hydrogens (tertiary/aromatic N) is 3. The molecule has 0 radical (unpaired) electrons. The third-order valence-electron chi connectivity index (χ3n) is 6.13. The number of hydrogen-bond donors (Lipinski definition) is 0. The van der Waals surface area contributed by atoms with Crippen LogP contribution in [0.15, 0.2) is 71.7 Å². The number of ether oxygens (including phenoxy) is 2. The van der Waals surface area contributed by atoms with Crippen LogP contribution in [0.3, 0.4) is 0 Å². The molecular formula is C27H31N3O4. The van der Waals surface area contributed by atoms with Crippen molar-refractivity contribution < 1.29 is 18.9 Å². The van der Waals surface area contributed by atoms with E-state index in [0.717, 1.165) is 16.5 Å². The van der Waals surface area contributed by atoms with Crippen molar-refractivity contribution in [2.45, 2.75) is 39.8 Å². The van der Waals surface area contributed by atoms with Crippen LogP contribution in [0.2, 0.25) is 0 Å². The van der Waals surface area contributed by atoms with Gasteiger partial charge in [0.15, 0.2) is 11.7 Å². The molecule has 0 fully saturated rings. The van der Waals surface area contributed by atoms with Crippen LogP contribution in [-0.4, -0.2) is 41.2 Å². The SMILES string of the molecule is COC1=C(c2cn(C(C)=O)c3ccccc23)N=C(OCc2ccccc2)C(CC(C)C)[N+]1(C)[O-]. The molecule has 3 aromatic rings. The summed E-state index contributed by atoms with van der Waals surface area (Å²) in [5.41, 5.74) is 2.79. The second-order valence-corrected chi connectivity index (χ2v) is 9.17. The molecule has 0 saturated carbocycles. The fourth-order valence-corrected chi connectivity index (χ4v) is 4.49. The second-order valence-electron chi connectivity index (χ2n) is 9.17. The first-order valence-electron chi connectivity index (χ1n) is 11.5. The maximum absolute atomic E-state index is 14.2. The summed E-state index contributed by atoms with van der Waals surface area (Å²) in [4.78, 5) is 17.2. The van der Waals surface area contributed by atoms with E-state index >= 15 is 0 Å². The van der Waals surface area contributed by atoms with Crippen molar-refractivity contribution in [3.63, 3.8) is 0 Å². The minimum Gasteiger partial charge on any atom is -0.625 e. The first-order chi connectivity index (χ1) is 16.2. The number of carbonyl (C=O) groups excluding carboxylic acids is 1. The number of aliphatic imine (C=N–C) groups is 1. The van der Waals surface area contributed by atoms with Gasteiger partial charge in [-0.3, -0.25) is 14.0 Å². The van der Waals surface area contributed by atoms with Gasteiger partial charge in [0.1, 0.15) is 6.61 Å². The van der Waals surface area contributed by atoms with Crippen LogP contribution < -0.4 is 0 Å². The smallest absolute Gasteiger partial charge is 0.319 e. The lowest BCUT2D eigenvalue weighted by Gasteiger charge is -2.47. The van der Waals surface area contributed by atoms with Gasteiger partial charge in [-0.15, -0.1) is 0 Å². The zero-order valence-electron chi connectivity index (χ0n) is 20.3. The number of carbonyl (C=O) groups is 1. The largest absolute Gasteiger partial charge is 0.625 e. The Labute approximate surface area is 200 Å². The standard InChI is InChI=1S/C27H31N3O4/c1-18(2)15-24-26(34-17-20-11-7-6-8-12-20)28-25(27(33-5)30(24,4)32)22-16-29(19(3)31)23-14-10-9-13-21(22)23/h6-14,16,18,24H,15,17H2,1-5H3. The molecule has 2 aromatic carbocycles. The van der Waals surface area contributed by atoms with Gasteiger partial charge >= 0.3 is 5.88 Å². The van der Waals surface area contributed by atoms with Crippen molar-refractivity contribution in [1.82, 2.24) is 4.57 Å². The zero-order valence-corrected chi connectivity index (χ0v) is 20.3. The maximum Gasteiger partial charge on any atom is 0.319 e. The summed E-state index contributed by atoms with van der Waals surface area (Å²) in [5.74, 6) is 0.704. The molecular weight excluding hydrogens is 430 g/mol. The molecule has 0 N–H and O–H groups in total. The summed E-state index contributed by atoms with van der Waals surface area (Å²) >= 11 is 0. The van der Waals surface area contributed by atoms with Crippen molar-refractivity contribution in [1.29, 1.82) is 0 Å². The first kappa shape index (κ1) is 23.7. The molecule has 1 aliphatic rings. The highest BCUT2D eigenvalue weighted by Gasteiger charge is 2.43. The quantitative estimate of drug-likeness (QED) is 0.356. The summed E-state index contributed by atoms with van der Waals surface area (Å²) in [6, 6.07) is 16.8. The van der Waals surface area contributed by atoms with Crippen molar-refractivity contribution in [2.24, 2.45) is 10.9 Å². The van der Waals surface area contributed by atoms with Gasteiger partial charge in [-0.05, 0) is 17.5 Å². The third kappa shape index (κ3) is 4.36. The highest BCUT2D eigenvalue weighted by Crippen LogP contribution is 2.39. The molecule has 7 nitrogen and oxygen atoms in total. The van der Waals surface area contributed by atoms with E-state index < -0.39 is 10.7 Å². The summed E-state index contributed by atoms with van der Waals surface area (Å²) in [6.45, 7) is 5.95. The van der Waals surface area contributed by atoms with Gasteiger partial charge in [-0.1, -0.05) is 62.4 Å². The topological polar surface area (TPSA) is 75.9 Å². The number of benzene rings is 2. The molecule has 2 heterocycles. The lowest BCUT2D eigenvalue weighted by atomic mass is 10.00. The van der Waals surface area contributed by atoms with Crippen LogP contribution >= 0.6 is 0 Å². The lowest BCUT2D eigenvalue weighted by Crippen LogP contribution is -2.54. The molecule has 2 atom stereocenters. The lowest BCUT2D eigenvalue weighted by molar-refractivity contribution is -0.855. The normalized spacial score (nSPS) is 20.6. The Morgan fingerprint density at radius 1 is 1.15 bits per heavy atom. The van der Waals surface area contributed by atoms with E-state index in [9.17, 15) is 10.0 Å². The Morgan fingerprint density at radius 3 is 2.47 bits per heavy atom. The molecule has 2 unspecified atom stereocenters. The number of para-hydroxylation sites is 1. The van der Waals surface area contributed by atoms with Crippen molar-refractivity contribution in [3.05, 3.63) is 83.0 Å². The molecule has 7 heteroatoms. The summed E-state index contributed by atoms with van der Waals surface area (Å²) in [6.07, 6.45) is 2.31. The average Bonchev–Trinajstić information content (AvgIpc) is 3.19. The zero-order chi connectivity index (χ0) is 24.5. The Kier molecular flexibility index (Phi) is 6.59. The Morgan fingerprint density at radius 2 is 1.82 bits per heavy atom. The third-order valence-corrected chi connectivity index (χ3v) is 6.13. The van der Waals surface area contributed by atoms with E-state index in [2.05, 4.69) is 13.8 Å². The van der Waals surface area contributed by atoms with Crippen molar-refractivity contribution in [3.8, 4) is 0 Å². The maximum atomic E-state index is 14.2. The molecule has 0 bridgehead atoms. The number of likely N-dealkylation sites (N-methyl/N-ethyl adjacent to an activating group) is 1. The number of hydrogen-bond acceptors (Lipinski definition) is 5. The fourth-order valence-electron chi connectivity index (χ4n) is 4.49. The molecule has 1 aromatic heterocycles. The van der Waals surface area contributed by atoms with Crippen LogP contribution in [0.5, 0.6) is 0 Å². The van der Waals surface area contributed by atoms with E-state index in [4.69, 9.17) is 14.5 Å². The summed E-state index contributed by atoms with van der Waals surface area (Å²) in [5, 5.41) is 15.0. The molecule has 178 valence electrons. The van der Waals surface area contributed by atoms with Gasteiger partial charge in [0.2, 0.25) is 5.91 Å². The van der Waals surface area contributed by atoms with Crippen LogP contribution in [0.4, 0.5) is 0 Å². The van der Waals surface area contributed by atoms with Gasteiger partial charge in [0.05, 0.1) is 19.7 Å². The van der Waals surface area contributed by atoms with E-state index in [0.29, 0.717) is 30.2 Å². The highest BCUT2D eigenvalue weighted by molar-refractivity contribution is 6.01. The Balaban J connectivity index is 1.88. The number of quaternary nitrogens is 1. The molecule has 1 aliphatic heterocycles. The number of fused-ring (bicyclic) bond motifs is 1. The Hall–Kier alpha value is -3.42. The van der Waals surface area contributed by atoms with Crippen molar-refractivity contribution >= 4 is 28.4 Å². The van der Waals surface area contributed by atoms with Crippen molar-refractivity contribution in [2.75, 3.05) is 14.2 Å². The number of aromatic nitrogens is 1. The van der Waals surface area contributed by atoms with E-state index in [1.165, 1.54) is 14.0 Å².